The second-order valence-electron chi connectivity index (χ2n) is 1.51. The van der Waals surface area contributed by atoms with Crippen molar-refractivity contribution in [1.82, 2.24) is 4.31 Å². The Hall–Kier alpha value is -1.35. The fourth-order valence-electron chi connectivity index (χ4n) is 0.378. The van der Waals surface area contributed by atoms with Gasteiger partial charge in [0.25, 0.3) is 0 Å². The summed E-state index contributed by atoms with van der Waals surface area (Å²) in [6.07, 6.45) is 0. The molecule has 0 aromatic heterocycles. The summed E-state index contributed by atoms with van der Waals surface area (Å²) in [5, 5.41) is 13.2. The lowest BCUT2D eigenvalue weighted by atomic mass is 10.9. The molecule has 0 saturated heterocycles. The third-order valence-corrected chi connectivity index (χ3v) is 1.52. The average Bonchev–Trinajstić information content (AvgIpc) is 1.54. The molecule has 0 spiro atoms. The number of hydrogen-bond acceptors (Lipinski definition) is 4. The van der Waals surface area contributed by atoms with Crippen LogP contribution in [0.3, 0.4) is 0 Å². The van der Waals surface area contributed by atoms with E-state index in [1.54, 1.807) is 0 Å². The summed E-state index contributed by atoms with van der Waals surface area (Å²) in [6, 6.07) is 0. The van der Waals surface area contributed by atoms with Gasteiger partial charge in [-0.2, -0.15) is 12.7 Å². The molecule has 0 saturated carbocycles. The van der Waals surface area contributed by atoms with Gasteiger partial charge in [0.1, 0.15) is 0 Å². The van der Waals surface area contributed by atoms with Gasteiger partial charge in [-0.25, -0.2) is 0 Å². The van der Waals surface area contributed by atoms with Gasteiger partial charge in [-0.3, -0.25) is 15.4 Å². The highest BCUT2D eigenvalue weighted by atomic mass is 32.2. The highest BCUT2D eigenvalue weighted by molar-refractivity contribution is 7.84. The summed E-state index contributed by atoms with van der Waals surface area (Å²) in [5.74, 6) is -2.08. The number of hydrogen-bond donors (Lipinski definition) is 5. The third kappa shape index (κ3) is 2.39. The minimum absolute atomic E-state index is 0.229. The van der Waals surface area contributed by atoms with E-state index in [-0.39, 0.29) is 4.31 Å². The summed E-state index contributed by atoms with van der Waals surface area (Å²) in [4.78, 5) is 0. The zero-order valence-corrected chi connectivity index (χ0v) is 6.09. The van der Waals surface area contributed by atoms with Crippen LogP contribution in [0.15, 0.2) is 0 Å². The maximum atomic E-state index is 10.3. The second kappa shape index (κ2) is 2.72. The van der Waals surface area contributed by atoms with Crippen LogP contribution in [0.1, 0.15) is 0 Å². The summed E-state index contributed by atoms with van der Waals surface area (Å²) in [6.45, 7) is 0. The molecule has 0 aliphatic heterocycles. The van der Waals surface area contributed by atoms with E-state index >= 15 is 0 Å². The normalized spacial score (nSPS) is 10.6. The first-order valence-electron chi connectivity index (χ1n) is 2.22. The fraction of sp³-hybridized carbons (Fsp3) is 0. The van der Waals surface area contributed by atoms with E-state index < -0.39 is 22.2 Å². The SMILES string of the molecule is N=C(N)N(C(=N)N)S(=O)(=O)O. The maximum absolute atomic E-state index is 10.3. The molecule has 0 rings (SSSR count). The molecule has 0 aliphatic carbocycles. The highest BCUT2D eigenvalue weighted by Gasteiger charge is 2.23. The van der Waals surface area contributed by atoms with Crippen molar-refractivity contribution < 1.29 is 13.0 Å². The van der Waals surface area contributed by atoms with E-state index in [1.807, 2.05) is 0 Å². The molecule has 0 aromatic rings. The number of nitrogens with one attached hydrogen (secondary N) is 2. The van der Waals surface area contributed by atoms with Gasteiger partial charge < -0.3 is 11.5 Å². The van der Waals surface area contributed by atoms with E-state index in [1.165, 1.54) is 0 Å². The van der Waals surface area contributed by atoms with Crippen molar-refractivity contribution in [3.63, 3.8) is 0 Å². The Labute approximate surface area is 62.7 Å². The minimum Gasteiger partial charge on any atom is -0.369 e. The van der Waals surface area contributed by atoms with Crippen LogP contribution in [-0.4, -0.2) is 29.2 Å². The van der Waals surface area contributed by atoms with Crippen LogP contribution >= 0.6 is 0 Å². The molecule has 0 bridgehead atoms. The van der Waals surface area contributed by atoms with Crippen LogP contribution in [-0.2, 0) is 10.3 Å². The molecule has 0 amide bonds. The summed E-state index contributed by atoms with van der Waals surface area (Å²) in [5.41, 5.74) is 9.35. The number of nitrogens with two attached hydrogens (primary N) is 2. The zero-order valence-electron chi connectivity index (χ0n) is 5.27. The van der Waals surface area contributed by atoms with Gasteiger partial charge in [0.05, 0.1) is 0 Å². The molecule has 0 atom stereocenters. The van der Waals surface area contributed by atoms with Gasteiger partial charge >= 0.3 is 10.3 Å². The topological polar surface area (TPSA) is 157 Å². The average molecular weight is 181 g/mol. The minimum atomic E-state index is -4.73. The third-order valence-electron chi connectivity index (χ3n) is 0.668. The van der Waals surface area contributed by atoms with E-state index in [2.05, 4.69) is 11.5 Å². The first-order valence-corrected chi connectivity index (χ1v) is 3.62. The van der Waals surface area contributed by atoms with Gasteiger partial charge in [-0.05, 0) is 0 Å². The predicted octanol–water partition coefficient (Wildman–Crippen LogP) is -2.12. The van der Waals surface area contributed by atoms with Crippen LogP contribution in [0.5, 0.6) is 0 Å². The largest absolute Gasteiger partial charge is 0.369 e. The molecule has 0 fully saturated rings. The molecular weight excluding hydrogens is 174 g/mol. The Morgan fingerprint density at radius 1 is 1.27 bits per heavy atom. The highest BCUT2D eigenvalue weighted by Crippen LogP contribution is 1.92. The first kappa shape index (κ1) is 9.65. The predicted molar refractivity (Wildman–Crippen MR) is 37.2 cm³/mol. The van der Waals surface area contributed by atoms with Crippen LogP contribution < -0.4 is 11.5 Å². The van der Waals surface area contributed by atoms with Gasteiger partial charge in [0.15, 0.2) is 0 Å². The van der Waals surface area contributed by atoms with Gasteiger partial charge in [0.2, 0.25) is 11.9 Å². The Kier molecular flexibility index (Phi) is 2.38. The first-order chi connectivity index (χ1) is 4.76. The van der Waals surface area contributed by atoms with Crippen LogP contribution in [0.4, 0.5) is 0 Å². The standard InChI is InChI=1S/C2H7N5O3S/c3-1(4)7(2(5)6)11(8,9)10/h(H3,3,4)(H3,5,6)(H,8,9,10). The Balaban J connectivity index is 4.94. The molecule has 0 unspecified atom stereocenters. The lowest BCUT2D eigenvalue weighted by molar-refractivity contribution is 0.452. The second-order valence-corrected chi connectivity index (χ2v) is 2.77. The van der Waals surface area contributed by atoms with E-state index in [9.17, 15) is 8.42 Å². The van der Waals surface area contributed by atoms with Crippen LogP contribution in [0.25, 0.3) is 0 Å². The molecular formula is C2H7N5O3S. The van der Waals surface area contributed by atoms with E-state index in [4.69, 9.17) is 15.4 Å². The number of nitrogens with zero attached hydrogens (tertiary/aromatic N) is 1. The zero-order chi connectivity index (χ0) is 9.23. The molecule has 0 aliphatic rings. The van der Waals surface area contributed by atoms with Gasteiger partial charge in [-0.15, -0.1) is 0 Å². The lowest BCUT2D eigenvalue weighted by Gasteiger charge is -2.14. The van der Waals surface area contributed by atoms with E-state index in [0.717, 1.165) is 0 Å². The molecule has 8 nitrogen and oxygen atoms in total. The van der Waals surface area contributed by atoms with E-state index in [0.29, 0.717) is 0 Å². The quantitative estimate of drug-likeness (QED) is 0.177. The maximum Gasteiger partial charge on any atom is 0.369 e. The molecule has 0 heterocycles. The monoisotopic (exact) mass is 181 g/mol. The van der Waals surface area contributed by atoms with Crippen molar-refractivity contribution in [2.24, 2.45) is 11.5 Å². The van der Waals surface area contributed by atoms with Crippen molar-refractivity contribution in [3.8, 4) is 0 Å². The lowest BCUT2D eigenvalue weighted by Crippen LogP contribution is -2.48. The molecule has 7 N–H and O–H groups in total. The Bertz CT molecular complexity index is 266. The fourth-order valence-corrected chi connectivity index (χ4v) is 0.875. The van der Waals surface area contributed by atoms with Crippen molar-refractivity contribution in [2.75, 3.05) is 0 Å². The molecule has 11 heavy (non-hydrogen) atoms. The molecule has 0 radical (unpaired) electrons. The Morgan fingerprint density at radius 2 is 1.55 bits per heavy atom. The number of rotatable bonds is 1. The molecule has 9 heteroatoms. The summed E-state index contributed by atoms with van der Waals surface area (Å²) in [7, 11) is -4.73. The van der Waals surface area contributed by atoms with Crippen LogP contribution in [0.2, 0.25) is 0 Å². The van der Waals surface area contributed by atoms with Crippen molar-refractivity contribution in [2.45, 2.75) is 0 Å². The molecule has 64 valence electrons. The summed E-state index contributed by atoms with van der Waals surface area (Å²) < 4.78 is 28.6. The molecule has 0 aromatic carbocycles. The Morgan fingerprint density at radius 3 is 1.55 bits per heavy atom. The van der Waals surface area contributed by atoms with Crippen LogP contribution in [0, 0.1) is 10.8 Å². The summed E-state index contributed by atoms with van der Waals surface area (Å²) >= 11 is 0. The van der Waals surface area contributed by atoms with Gasteiger partial charge in [0, 0.05) is 0 Å². The number of guanidine groups is 2. The smallest absolute Gasteiger partial charge is 0.369 e. The van der Waals surface area contributed by atoms with Crippen molar-refractivity contribution in [3.05, 3.63) is 0 Å². The van der Waals surface area contributed by atoms with Gasteiger partial charge in [-0.1, -0.05) is 0 Å². The van der Waals surface area contributed by atoms with Crippen molar-refractivity contribution in [1.29, 1.82) is 10.8 Å². The van der Waals surface area contributed by atoms with Crippen molar-refractivity contribution >= 4 is 22.2 Å².